The van der Waals surface area contributed by atoms with E-state index in [1.807, 2.05) is 0 Å². The van der Waals surface area contributed by atoms with Crippen molar-refractivity contribution in [2.45, 2.75) is 25.8 Å². The lowest BCUT2D eigenvalue weighted by atomic mass is 10.2. The van der Waals surface area contributed by atoms with Crippen LogP contribution in [0.15, 0.2) is 0 Å². The molecule has 5 nitrogen and oxygen atoms in total. The van der Waals surface area contributed by atoms with Crippen LogP contribution in [0.3, 0.4) is 0 Å². The van der Waals surface area contributed by atoms with Crippen LogP contribution in [0.1, 0.15) is 19.8 Å². The number of hydrogen-bond donors (Lipinski definition) is 1. The number of methoxy groups -OCH3 is 1. The fraction of sp³-hybridized carbons (Fsp3) is 1.00. The Hall–Kier alpha value is -0.200. The van der Waals surface area contributed by atoms with E-state index in [1.54, 1.807) is 7.11 Å². The zero-order valence-electron chi connectivity index (χ0n) is 11.2. The first-order valence-electron chi connectivity index (χ1n) is 6.29. The van der Waals surface area contributed by atoms with Crippen molar-refractivity contribution in [2.75, 3.05) is 53.4 Å². The van der Waals surface area contributed by atoms with Gasteiger partial charge in [0.2, 0.25) is 0 Å². The van der Waals surface area contributed by atoms with E-state index in [-0.39, 0.29) is 6.04 Å². The summed E-state index contributed by atoms with van der Waals surface area (Å²) in [6, 6.07) is 0.150. The fourth-order valence-electron chi connectivity index (χ4n) is 1.27. The van der Waals surface area contributed by atoms with Gasteiger partial charge in [-0.15, -0.1) is 0 Å². The lowest BCUT2D eigenvalue weighted by molar-refractivity contribution is 0.00178. The summed E-state index contributed by atoms with van der Waals surface area (Å²) in [5.41, 5.74) is 5.80. The second-order valence-electron chi connectivity index (χ2n) is 3.84. The maximum Gasteiger partial charge on any atom is 0.0701 e. The van der Waals surface area contributed by atoms with Crippen LogP contribution < -0.4 is 5.73 Å². The van der Waals surface area contributed by atoms with Gasteiger partial charge in [-0.2, -0.15) is 0 Å². The molecule has 0 aromatic rings. The van der Waals surface area contributed by atoms with Crippen molar-refractivity contribution in [1.29, 1.82) is 0 Å². The van der Waals surface area contributed by atoms with Crippen LogP contribution in [0.2, 0.25) is 0 Å². The van der Waals surface area contributed by atoms with E-state index in [0.29, 0.717) is 46.2 Å². The summed E-state index contributed by atoms with van der Waals surface area (Å²) in [6.45, 7) is 6.34. The van der Waals surface area contributed by atoms with Gasteiger partial charge in [-0.3, -0.25) is 0 Å². The van der Waals surface area contributed by atoms with E-state index in [1.165, 1.54) is 0 Å². The third-order valence-corrected chi connectivity index (χ3v) is 2.17. The van der Waals surface area contributed by atoms with Crippen molar-refractivity contribution < 1.29 is 18.9 Å². The smallest absolute Gasteiger partial charge is 0.0701 e. The van der Waals surface area contributed by atoms with E-state index in [2.05, 4.69) is 6.92 Å². The molecule has 1 unspecified atom stereocenters. The predicted molar refractivity (Wildman–Crippen MR) is 67.2 cm³/mol. The summed E-state index contributed by atoms with van der Waals surface area (Å²) in [6.07, 6.45) is 2.11. The van der Waals surface area contributed by atoms with E-state index >= 15 is 0 Å². The van der Waals surface area contributed by atoms with Gasteiger partial charge in [-0.25, -0.2) is 0 Å². The Bertz CT molecular complexity index is 146. The van der Waals surface area contributed by atoms with E-state index in [9.17, 15) is 0 Å². The zero-order valence-corrected chi connectivity index (χ0v) is 11.2. The Morgan fingerprint density at radius 2 is 1.41 bits per heavy atom. The second kappa shape index (κ2) is 13.9. The van der Waals surface area contributed by atoms with Crippen molar-refractivity contribution in [3.63, 3.8) is 0 Å². The molecule has 0 heterocycles. The number of hydrogen-bond acceptors (Lipinski definition) is 5. The number of rotatable bonds is 13. The normalized spacial score (nSPS) is 12.9. The summed E-state index contributed by atoms with van der Waals surface area (Å²) in [5.74, 6) is 0. The van der Waals surface area contributed by atoms with Crippen molar-refractivity contribution in [3.8, 4) is 0 Å². The summed E-state index contributed by atoms with van der Waals surface area (Å²) >= 11 is 0. The molecule has 5 heteroatoms. The van der Waals surface area contributed by atoms with Crippen molar-refractivity contribution in [2.24, 2.45) is 5.73 Å². The molecule has 0 amide bonds. The van der Waals surface area contributed by atoms with Crippen LogP contribution in [0.25, 0.3) is 0 Å². The van der Waals surface area contributed by atoms with Crippen LogP contribution in [0.5, 0.6) is 0 Å². The highest BCUT2D eigenvalue weighted by atomic mass is 16.6. The molecule has 0 aromatic heterocycles. The van der Waals surface area contributed by atoms with E-state index < -0.39 is 0 Å². The molecule has 0 saturated heterocycles. The maximum atomic E-state index is 5.80. The Morgan fingerprint density at radius 3 is 1.94 bits per heavy atom. The van der Waals surface area contributed by atoms with Crippen LogP contribution in [-0.2, 0) is 18.9 Å². The molecular formula is C12H27NO4. The average Bonchev–Trinajstić information content (AvgIpc) is 2.32. The van der Waals surface area contributed by atoms with Gasteiger partial charge < -0.3 is 24.7 Å². The molecule has 0 aliphatic rings. The minimum atomic E-state index is 0.150. The molecule has 0 rings (SSSR count). The quantitative estimate of drug-likeness (QED) is 0.489. The van der Waals surface area contributed by atoms with E-state index in [4.69, 9.17) is 24.7 Å². The molecule has 0 spiro atoms. The van der Waals surface area contributed by atoms with Crippen LogP contribution >= 0.6 is 0 Å². The monoisotopic (exact) mass is 249 g/mol. The van der Waals surface area contributed by atoms with Gasteiger partial charge in [0.05, 0.1) is 46.2 Å². The highest BCUT2D eigenvalue weighted by Gasteiger charge is 2.00. The highest BCUT2D eigenvalue weighted by Crippen LogP contribution is 1.93. The first-order chi connectivity index (χ1) is 8.31. The summed E-state index contributed by atoms with van der Waals surface area (Å²) in [7, 11) is 1.65. The van der Waals surface area contributed by atoms with Crippen LogP contribution in [0, 0.1) is 0 Å². The van der Waals surface area contributed by atoms with Crippen molar-refractivity contribution in [1.82, 2.24) is 0 Å². The first-order valence-corrected chi connectivity index (χ1v) is 6.29. The molecule has 104 valence electrons. The molecule has 2 N–H and O–H groups in total. The summed E-state index contributed by atoms with van der Waals surface area (Å²) in [5, 5.41) is 0. The Balaban J connectivity index is 2.98. The number of ether oxygens (including phenoxy) is 4. The SMILES string of the molecule is CCCC(N)COCCOCCOCCOC. The predicted octanol–water partition coefficient (Wildman–Crippen LogP) is 0.810. The third kappa shape index (κ3) is 13.7. The molecule has 1 atom stereocenters. The van der Waals surface area contributed by atoms with Gasteiger partial charge in [0.25, 0.3) is 0 Å². The van der Waals surface area contributed by atoms with Gasteiger partial charge >= 0.3 is 0 Å². The molecule has 0 bridgehead atoms. The molecule has 0 saturated carbocycles. The molecule has 0 aromatic carbocycles. The lowest BCUT2D eigenvalue weighted by Crippen LogP contribution is -2.26. The van der Waals surface area contributed by atoms with Gasteiger partial charge in [0.15, 0.2) is 0 Å². The van der Waals surface area contributed by atoms with Gasteiger partial charge in [-0.1, -0.05) is 13.3 Å². The maximum absolute atomic E-state index is 5.80. The number of nitrogens with two attached hydrogens (primary N) is 1. The third-order valence-electron chi connectivity index (χ3n) is 2.17. The Morgan fingerprint density at radius 1 is 0.882 bits per heavy atom. The Labute approximate surface area is 105 Å². The fourth-order valence-corrected chi connectivity index (χ4v) is 1.27. The van der Waals surface area contributed by atoms with Crippen LogP contribution in [-0.4, -0.2) is 59.4 Å². The van der Waals surface area contributed by atoms with Gasteiger partial charge in [-0.05, 0) is 6.42 Å². The lowest BCUT2D eigenvalue weighted by Gasteiger charge is -2.11. The molecular weight excluding hydrogens is 222 g/mol. The van der Waals surface area contributed by atoms with E-state index in [0.717, 1.165) is 12.8 Å². The minimum Gasteiger partial charge on any atom is -0.382 e. The van der Waals surface area contributed by atoms with Crippen molar-refractivity contribution in [3.05, 3.63) is 0 Å². The summed E-state index contributed by atoms with van der Waals surface area (Å²) in [4.78, 5) is 0. The molecule has 0 radical (unpaired) electrons. The second-order valence-corrected chi connectivity index (χ2v) is 3.84. The van der Waals surface area contributed by atoms with Crippen LogP contribution in [0.4, 0.5) is 0 Å². The standard InChI is InChI=1S/C12H27NO4/c1-3-4-12(13)11-17-10-9-16-8-7-15-6-5-14-2/h12H,3-11,13H2,1-2H3. The highest BCUT2D eigenvalue weighted by molar-refractivity contribution is 4.57. The van der Waals surface area contributed by atoms with Gasteiger partial charge in [0, 0.05) is 13.2 Å². The largest absolute Gasteiger partial charge is 0.382 e. The zero-order chi connectivity index (χ0) is 12.8. The van der Waals surface area contributed by atoms with Crippen molar-refractivity contribution >= 4 is 0 Å². The average molecular weight is 249 g/mol. The molecule has 0 fully saturated rings. The molecule has 0 aliphatic heterocycles. The topological polar surface area (TPSA) is 62.9 Å². The minimum absolute atomic E-state index is 0.150. The van der Waals surface area contributed by atoms with Gasteiger partial charge in [0.1, 0.15) is 0 Å². The summed E-state index contributed by atoms with van der Waals surface area (Å²) < 4.78 is 20.8. The molecule has 17 heavy (non-hydrogen) atoms. The molecule has 0 aliphatic carbocycles. The first kappa shape index (κ1) is 16.8. The Kier molecular flexibility index (Phi) is 13.7.